The number of fused-ring (bicyclic) bond motifs is 1. The normalized spacial score (nSPS) is 18.7. The van der Waals surface area contributed by atoms with Crippen LogP contribution in [0.4, 0.5) is 3.89 Å². The first-order valence-corrected chi connectivity index (χ1v) is 5.90. The molecule has 1 aliphatic rings. The molecule has 0 nitrogen and oxygen atoms in total. The van der Waals surface area contributed by atoms with Gasteiger partial charge in [0.25, 0.3) is 0 Å². The van der Waals surface area contributed by atoms with E-state index in [0.29, 0.717) is 17.0 Å². The van der Waals surface area contributed by atoms with Crippen LogP contribution in [-0.4, -0.2) is 5.75 Å². The molecular formula is C10H11FS2. The van der Waals surface area contributed by atoms with E-state index in [0.717, 1.165) is 5.75 Å². The number of hydrogen-bond donors (Lipinski definition) is 0. The summed E-state index contributed by atoms with van der Waals surface area (Å²) in [5.41, 5.74) is 1.49. The van der Waals surface area contributed by atoms with E-state index >= 15 is 0 Å². The molecule has 1 aromatic rings. The zero-order valence-corrected chi connectivity index (χ0v) is 9.27. The summed E-state index contributed by atoms with van der Waals surface area (Å²) in [6.07, 6.45) is 0. The van der Waals surface area contributed by atoms with Crippen molar-refractivity contribution in [2.45, 2.75) is 29.1 Å². The van der Waals surface area contributed by atoms with Crippen molar-refractivity contribution in [1.29, 1.82) is 0 Å². The lowest BCUT2D eigenvalue weighted by molar-refractivity contribution is 0.603. The Morgan fingerprint density at radius 2 is 2.23 bits per heavy atom. The molecule has 1 aromatic carbocycles. The minimum atomic E-state index is 0.200. The Kier molecular flexibility index (Phi) is 2.32. The minimum absolute atomic E-state index is 0.200. The van der Waals surface area contributed by atoms with Crippen LogP contribution in [0.3, 0.4) is 0 Å². The first-order chi connectivity index (χ1) is 6.13. The predicted octanol–water partition coefficient (Wildman–Crippen LogP) is 4.05. The minimum Gasteiger partial charge on any atom is -0.160 e. The van der Waals surface area contributed by atoms with Gasteiger partial charge < -0.3 is 0 Å². The summed E-state index contributed by atoms with van der Waals surface area (Å²) < 4.78 is 12.4. The molecule has 0 amide bonds. The van der Waals surface area contributed by atoms with Crippen LogP contribution in [0.15, 0.2) is 28.0 Å². The molecule has 2 rings (SSSR count). The van der Waals surface area contributed by atoms with E-state index in [1.165, 1.54) is 10.5 Å². The largest absolute Gasteiger partial charge is 0.160 e. The second kappa shape index (κ2) is 3.21. The van der Waals surface area contributed by atoms with Crippen LogP contribution in [-0.2, 0) is 5.41 Å². The van der Waals surface area contributed by atoms with Crippen LogP contribution in [0.2, 0.25) is 0 Å². The van der Waals surface area contributed by atoms with E-state index in [1.807, 2.05) is 30.0 Å². The van der Waals surface area contributed by atoms with E-state index < -0.39 is 0 Å². The Bertz CT molecular complexity index is 334. The van der Waals surface area contributed by atoms with E-state index in [-0.39, 0.29) is 5.41 Å². The summed E-state index contributed by atoms with van der Waals surface area (Å²) in [7, 11) is 0. The van der Waals surface area contributed by atoms with Gasteiger partial charge in [-0.2, -0.15) is 3.89 Å². The van der Waals surface area contributed by atoms with Gasteiger partial charge in [0.2, 0.25) is 0 Å². The summed E-state index contributed by atoms with van der Waals surface area (Å²) in [6.45, 7) is 4.41. The quantitative estimate of drug-likeness (QED) is 0.691. The number of hydrogen-bond acceptors (Lipinski definition) is 2. The van der Waals surface area contributed by atoms with Crippen LogP contribution in [0.25, 0.3) is 0 Å². The first kappa shape index (κ1) is 9.41. The third-order valence-corrected chi connectivity index (χ3v) is 4.32. The van der Waals surface area contributed by atoms with Gasteiger partial charge in [0.1, 0.15) is 0 Å². The summed E-state index contributed by atoms with van der Waals surface area (Å²) >= 11 is 2.19. The molecule has 1 aliphatic heterocycles. The Hall–Kier alpha value is -0.150. The zero-order valence-electron chi connectivity index (χ0n) is 7.63. The summed E-state index contributed by atoms with van der Waals surface area (Å²) in [5, 5.41) is 0. The highest BCUT2D eigenvalue weighted by Gasteiger charge is 2.30. The summed E-state index contributed by atoms with van der Waals surface area (Å²) in [6, 6.07) is 5.84. The van der Waals surface area contributed by atoms with E-state index in [4.69, 9.17) is 0 Å². The fourth-order valence-electron chi connectivity index (χ4n) is 1.55. The SMILES string of the molecule is CC1(C)CSc2ccc(SF)cc21. The maximum atomic E-state index is 12.4. The van der Waals surface area contributed by atoms with Gasteiger partial charge in [0.05, 0.1) is 12.1 Å². The smallest absolute Gasteiger partial charge is 0.0812 e. The van der Waals surface area contributed by atoms with E-state index in [9.17, 15) is 3.89 Å². The second-order valence-corrected chi connectivity index (χ2v) is 5.55. The lowest BCUT2D eigenvalue weighted by Gasteiger charge is -2.17. The predicted molar refractivity (Wildman–Crippen MR) is 57.2 cm³/mol. The van der Waals surface area contributed by atoms with Gasteiger partial charge >= 0.3 is 0 Å². The topological polar surface area (TPSA) is 0 Å². The Labute approximate surface area is 86.6 Å². The molecule has 0 saturated heterocycles. The highest BCUT2D eigenvalue weighted by atomic mass is 32.2. The molecule has 0 unspecified atom stereocenters. The average Bonchev–Trinajstić information content (AvgIpc) is 2.42. The molecule has 0 saturated carbocycles. The summed E-state index contributed by atoms with van der Waals surface area (Å²) in [4.78, 5) is 2.03. The molecule has 1 heterocycles. The van der Waals surface area contributed by atoms with Gasteiger partial charge in [0, 0.05) is 21.0 Å². The molecule has 3 heteroatoms. The molecule has 70 valence electrons. The van der Waals surface area contributed by atoms with Crippen LogP contribution in [0, 0.1) is 0 Å². The average molecular weight is 214 g/mol. The van der Waals surface area contributed by atoms with Crippen molar-refractivity contribution in [3.8, 4) is 0 Å². The van der Waals surface area contributed by atoms with Crippen molar-refractivity contribution in [3.63, 3.8) is 0 Å². The third kappa shape index (κ3) is 1.59. The molecule has 0 radical (unpaired) electrons. The van der Waals surface area contributed by atoms with Crippen LogP contribution in [0.1, 0.15) is 19.4 Å². The van der Waals surface area contributed by atoms with Crippen molar-refractivity contribution in [2.75, 3.05) is 5.75 Å². The van der Waals surface area contributed by atoms with E-state index in [2.05, 4.69) is 13.8 Å². The van der Waals surface area contributed by atoms with Gasteiger partial charge in [-0.3, -0.25) is 0 Å². The monoisotopic (exact) mass is 214 g/mol. The lowest BCUT2D eigenvalue weighted by Crippen LogP contribution is -2.15. The van der Waals surface area contributed by atoms with Gasteiger partial charge in [-0.1, -0.05) is 13.8 Å². The maximum Gasteiger partial charge on any atom is 0.0812 e. The van der Waals surface area contributed by atoms with Crippen molar-refractivity contribution >= 4 is 23.9 Å². The Balaban J connectivity index is 2.50. The maximum absolute atomic E-state index is 12.4. The van der Waals surface area contributed by atoms with Crippen LogP contribution in [0.5, 0.6) is 0 Å². The highest BCUT2D eigenvalue weighted by molar-refractivity contribution is 7.99. The molecule has 0 bridgehead atoms. The molecule has 0 fully saturated rings. The third-order valence-electron chi connectivity index (χ3n) is 2.36. The zero-order chi connectivity index (χ0) is 9.47. The van der Waals surface area contributed by atoms with Gasteiger partial charge in [0.15, 0.2) is 0 Å². The second-order valence-electron chi connectivity index (χ2n) is 3.91. The Morgan fingerprint density at radius 3 is 2.92 bits per heavy atom. The molecular weight excluding hydrogens is 203 g/mol. The number of rotatable bonds is 1. The van der Waals surface area contributed by atoms with Crippen molar-refractivity contribution < 1.29 is 3.89 Å². The number of thioether (sulfide) groups is 1. The van der Waals surface area contributed by atoms with Crippen LogP contribution >= 0.6 is 23.9 Å². The van der Waals surface area contributed by atoms with Crippen molar-refractivity contribution in [1.82, 2.24) is 0 Å². The van der Waals surface area contributed by atoms with Gasteiger partial charge in [-0.15, -0.1) is 11.8 Å². The molecule has 13 heavy (non-hydrogen) atoms. The molecule has 0 atom stereocenters. The Morgan fingerprint density at radius 1 is 1.46 bits per heavy atom. The highest BCUT2D eigenvalue weighted by Crippen LogP contribution is 2.44. The standard InChI is InChI=1S/C10H11FS2/c1-10(2)6-12-9-4-3-7(13-11)5-8(9)10/h3-5H,6H2,1-2H3. The lowest BCUT2D eigenvalue weighted by atomic mass is 9.87. The fraction of sp³-hybridized carbons (Fsp3) is 0.400. The van der Waals surface area contributed by atoms with Crippen LogP contribution < -0.4 is 0 Å². The molecule has 0 N–H and O–H groups in total. The first-order valence-electron chi connectivity index (χ1n) is 4.19. The summed E-state index contributed by atoms with van der Waals surface area (Å²) in [5.74, 6) is 1.10. The molecule has 0 spiro atoms. The molecule has 0 aliphatic carbocycles. The number of benzene rings is 1. The van der Waals surface area contributed by atoms with Crippen molar-refractivity contribution in [2.24, 2.45) is 0 Å². The van der Waals surface area contributed by atoms with E-state index in [1.54, 1.807) is 0 Å². The van der Waals surface area contributed by atoms with Crippen molar-refractivity contribution in [3.05, 3.63) is 23.8 Å². The van der Waals surface area contributed by atoms with Gasteiger partial charge in [-0.25, -0.2) is 0 Å². The number of halogens is 1. The fourth-order valence-corrected chi connectivity index (χ4v) is 3.16. The molecule has 0 aromatic heterocycles. The van der Waals surface area contributed by atoms with Gasteiger partial charge in [-0.05, 0) is 23.8 Å².